The average molecular weight is 409 g/mol. The van der Waals surface area contributed by atoms with E-state index in [9.17, 15) is 14.9 Å². The molecule has 1 heterocycles. The molecule has 1 amide bonds. The fourth-order valence-corrected chi connectivity index (χ4v) is 5.85. The van der Waals surface area contributed by atoms with Crippen molar-refractivity contribution in [1.82, 2.24) is 4.90 Å². The Morgan fingerprint density at radius 3 is 2.73 bits per heavy atom. The van der Waals surface area contributed by atoms with E-state index in [1.165, 1.54) is 43.9 Å². The van der Waals surface area contributed by atoms with Gasteiger partial charge in [-0.25, -0.2) is 0 Å². The lowest BCUT2D eigenvalue weighted by Crippen LogP contribution is -2.27. The van der Waals surface area contributed by atoms with Gasteiger partial charge in [0.05, 0.1) is 9.83 Å². The van der Waals surface area contributed by atoms with Gasteiger partial charge < -0.3 is 0 Å². The minimum absolute atomic E-state index is 0.0372. The number of rotatable bonds is 5. The molecule has 0 N–H and O–H groups in total. The monoisotopic (exact) mass is 408 g/mol. The Bertz CT molecular complexity index is 773. The minimum atomic E-state index is -0.399. The van der Waals surface area contributed by atoms with E-state index in [1.807, 2.05) is 13.0 Å². The predicted molar refractivity (Wildman–Crippen MR) is 111 cm³/mol. The highest BCUT2D eigenvalue weighted by Crippen LogP contribution is 2.39. The molecule has 26 heavy (non-hydrogen) atoms. The maximum atomic E-state index is 12.5. The van der Waals surface area contributed by atoms with E-state index < -0.39 is 4.92 Å². The van der Waals surface area contributed by atoms with Crippen molar-refractivity contribution >= 4 is 57.7 Å². The third-order valence-corrected chi connectivity index (χ3v) is 7.33. The van der Waals surface area contributed by atoms with Crippen LogP contribution in [-0.2, 0) is 4.79 Å². The Labute approximate surface area is 166 Å². The second-order valence-electron chi connectivity index (χ2n) is 6.28. The summed E-state index contributed by atoms with van der Waals surface area (Å²) in [6.07, 6.45) is 7.83. The summed E-state index contributed by atoms with van der Waals surface area (Å²) in [5.74, 6) is -0.123. The number of non-ortho nitro benzene ring substituents is 1. The first-order valence-corrected chi connectivity index (χ1v) is 10.8. The Balaban J connectivity index is 1.93. The van der Waals surface area contributed by atoms with Crippen molar-refractivity contribution in [2.75, 3.05) is 6.54 Å². The number of nitro benzene ring substituents is 1. The lowest BCUT2D eigenvalue weighted by molar-refractivity contribution is -0.384. The summed E-state index contributed by atoms with van der Waals surface area (Å²) in [5.41, 5.74) is 0.765. The van der Waals surface area contributed by atoms with Gasteiger partial charge in [0.25, 0.3) is 11.6 Å². The fraction of sp³-hybridized carbons (Fsp3) is 0.444. The molecule has 0 bridgehead atoms. The standard InChI is InChI=1S/C18H20N2O3S3/c1-2-19-17(21)16(26-18(19)24)11-12-10-13(20(22)23)8-9-15(12)25-14-6-4-3-5-7-14/h8-11,14H,2-7H2,1H3/b16-11-. The van der Waals surface area contributed by atoms with E-state index in [4.69, 9.17) is 12.2 Å². The van der Waals surface area contributed by atoms with Crippen LogP contribution in [0.1, 0.15) is 44.6 Å². The lowest BCUT2D eigenvalue weighted by atomic mass is 10.0. The summed E-state index contributed by atoms with van der Waals surface area (Å²) in [6, 6.07) is 4.91. The number of benzene rings is 1. The highest BCUT2D eigenvalue weighted by Gasteiger charge is 2.31. The lowest BCUT2D eigenvalue weighted by Gasteiger charge is -2.21. The Morgan fingerprint density at radius 2 is 2.12 bits per heavy atom. The molecule has 1 aromatic rings. The van der Waals surface area contributed by atoms with Crippen molar-refractivity contribution in [3.05, 3.63) is 38.8 Å². The summed E-state index contributed by atoms with van der Waals surface area (Å²) in [5, 5.41) is 11.7. The maximum Gasteiger partial charge on any atom is 0.270 e. The largest absolute Gasteiger partial charge is 0.293 e. The Morgan fingerprint density at radius 1 is 1.38 bits per heavy atom. The summed E-state index contributed by atoms with van der Waals surface area (Å²) in [7, 11) is 0. The van der Waals surface area contributed by atoms with E-state index in [2.05, 4.69) is 0 Å². The van der Waals surface area contributed by atoms with E-state index in [0.717, 1.165) is 10.5 Å². The summed E-state index contributed by atoms with van der Waals surface area (Å²) in [6.45, 7) is 2.41. The van der Waals surface area contributed by atoms with Crippen molar-refractivity contribution in [1.29, 1.82) is 0 Å². The average Bonchev–Trinajstić information content (AvgIpc) is 2.90. The predicted octanol–water partition coefficient (Wildman–Crippen LogP) is 5.24. The molecule has 0 radical (unpaired) electrons. The molecule has 0 atom stereocenters. The number of carbonyl (C=O) groups excluding carboxylic acids is 1. The van der Waals surface area contributed by atoms with Gasteiger partial charge in [-0.3, -0.25) is 19.8 Å². The SMILES string of the molecule is CCN1C(=O)/C(=C/c2cc([N+](=O)[O-])ccc2SC2CCCCC2)SC1=S. The normalized spacial score (nSPS) is 20.2. The van der Waals surface area contributed by atoms with Crippen LogP contribution in [-0.4, -0.2) is 31.8 Å². The third-order valence-electron chi connectivity index (χ3n) is 4.53. The van der Waals surface area contributed by atoms with Crippen LogP contribution in [0.4, 0.5) is 5.69 Å². The third kappa shape index (κ3) is 4.29. The summed E-state index contributed by atoms with van der Waals surface area (Å²) in [4.78, 5) is 26.3. The van der Waals surface area contributed by atoms with Crippen LogP contribution in [0.5, 0.6) is 0 Å². The second-order valence-corrected chi connectivity index (χ2v) is 9.30. The van der Waals surface area contributed by atoms with Crippen molar-refractivity contribution in [3.8, 4) is 0 Å². The molecule has 3 rings (SSSR count). The number of thiocarbonyl (C=S) groups is 1. The molecular weight excluding hydrogens is 388 g/mol. The highest BCUT2D eigenvalue weighted by molar-refractivity contribution is 8.26. The molecule has 0 unspecified atom stereocenters. The molecule has 138 valence electrons. The van der Waals surface area contributed by atoms with Crippen LogP contribution in [0.25, 0.3) is 6.08 Å². The summed E-state index contributed by atoms with van der Waals surface area (Å²) < 4.78 is 0.538. The van der Waals surface area contributed by atoms with Gasteiger partial charge in [-0.1, -0.05) is 43.2 Å². The number of carbonyl (C=O) groups is 1. The van der Waals surface area contributed by atoms with Gasteiger partial charge in [0.2, 0.25) is 0 Å². The van der Waals surface area contributed by atoms with Gasteiger partial charge >= 0.3 is 0 Å². The number of hydrogen-bond acceptors (Lipinski definition) is 6. The van der Waals surface area contributed by atoms with Crippen LogP contribution in [0.2, 0.25) is 0 Å². The smallest absolute Gasteiger partial charge is 0.270 e. The van der Waals surface area contributed by atoms with Crippen LogP contribution in [0.3, 0.4) is 0 Å². The number of nitro groups is 1. The van der Waals surface area contributed by atoms with Crippen LogP contribution in [0.15, 0.2) is 28.0 Å². The molecule has 0 aromatic heterocycles. The van der Waals surface area contributed by atoms with E-state index >= 15 is 0 Å². The minimum Gasteiger partial charge on any atom is -0.293 e. The molecule has 2 aliphatic rings. The Kier molecular flexibility index (Phi) is 6.37. The van der Waals surface area contributed by atoms with Gasteiger partial charge in [0.1, 0.15) is 4.32 Å². The molecule has 8 heteroatoms. The number of nitrogens with zero attached hydrogens (tertiary/aromatic N) is 2. The van der Waals surface area contributed by atoms with Crippen molar-refractivity contribution in [2.45, 2.75) is 49.2 Å². The van der Waals surface area contributed by atoms with Gasteiger partial charge in [0, 0.05) is 28.8 Å². The second kappa shape index (κ2) is 8.54. The molecule has 1 saturated heterocycles. The van der Waals surface area contributed by atoms with Crippen LogP contribution >= 0.6 is 35.7 Å². The number of likely N-dealkylation sites (N-methyl/N-ethyl adjacent to an activating group) is 1. The molecule has 0 spiro atoms. The zero-order valence-electron chi connectivity index (χ0n) is 14.5. The van der Waals surface area contributed by atoms with Gasteiger partial charge in [-0.2, -0.15) is 0 Å². The molecule has 5 nitrogen and oxygen atoms in total. The highest BCUT2D eigenvalue weighted by atomic mass is 32.2. The van der Waals surface area contributed by atoms with Crippen LogP contribution in [0, 0.1) is 10.1 Å². The zero-order valence-corrected chi connectivity index (χ0v) is 16.9. The van der Waals surface area contributed by atoms with E-state index in [-0.39, 0.29) is 11.6 Å². The molecular formula is C18H20N2O3S3. The topological polar surface area (TPSA) is 63.5 Å². The first kappa shape index (κ1) is 19.4. The van der Waals surface area contributed by atoms with Gasteiger partial charge in [-0.05, 0) is 37.5 Å². The quantitative estimate of drug-likeness (QED) is 0.287. The first-order valence-electron chi connectivity index (χ1n) is 8.70. The first-order chi connectivity index (χ1) is 12.5. The van der Waals surface area contributed by atoms with Gasteiger partial charge in [0.15, 0.2) is 0 Å². The molecule has 2 fully saturated rings. The molecule has 1 saturated carbocycles. The van der Waals surface area contributed by atoms with Crippen molar-refractivity contribution < 1.29 is 9.72 Å². The zero-order chi connectivity index (χ0) is 18.7. The number of hydrogen-bond donors (Lipinski definition) is 0. The Hall–Kier alpha value is -1.38. The molecule has 1 aromatic carbocycles. The summed E-state index contributed by atoms with van der Waals surface area (Å²) >= 11 is 8.28. The number of amides is 1. The van der Waals surface area contributed by atoms with Gasteiger partial charge in [-0.15, -0.1) is 11.8 Å². The van der Waals surface area contributed by atoms with E-state index in [0.29, 0.717) is 21.0 Å². The molecule has 1 aliphatic heterocycles. The van der Waals surface area contributed by atoms with Crippen LogP contribution < -0.4 is 0 Å². The fourth-order valence-electron chi connectivity index (χ4n) is 3.15. The van der Waals surface area contributed by atoms with Crippen molar-refractivity contribution in [2.24, 2.45) is 0 Å². The molecule has 1 aliphatic carbocycles. The maximum absolute atomic E-state index is 12.5. The number of thioether (sulfide) groups is 2. The van der Waals surface area contributed by atoms with Crippen molar-refractivity contribution in [3.63, 3.8) is 0 Å². The van der Waals surface area contributed by atoms with E-state index in [1.54, 1.807) is 34.9 Å².